The highest BCUT2D eigenvalue weighted by atomic mass is 32.1. The van der Waals surface area contributed by atoms with E-state index in [9.17, 15) is 4.79 Å². The van der Waals surface area contributed by atoms with Crippen LogP contribution in [-0.2, 0) is 4.79 Å². The van der Waals surface area contributed by atoms with E-state index in [0.717, 1.165) is 31.8 Å². The molecule has 3 nitrogen and oxygen atoms in total. The summed E-state index contributed by atoms with van der Waals surface area (Å²) >= 11 is 1.58. The molecule has 0 fully saturated rings. The second-order valence-corrected chi connectivity index (χ2v) is 5.79. The van der Waals surface area contributed by atoms with Gasteiger partial charge in [0.1, 0.15) is 0 Å². The number of allylic oxidation sites excluding steroid dienone is 1. The van der Waals surface area contributed by atoms with Crippen LogP contribution >= 0.6 is 11.3 Å². The first-order valence-corrected chi connectivity index (χ1v) is 7.32. The molecule has 0 saturated heterocycles. The van der Waals surface area contributed by atoms with E-state index >= 15 is 0 Å². The molecule has 2 aromatic heterocycles. The molecule has 0 saturated carbocycles. The number of hydrogen-bond donors (Lipinski definition) is 1. The van der Waals surface area contributed by atoms with Crippen LogP contribution in [0.15, 0.2) is 54.7 Å². The van der Waals surface area contributed by atoms with Crippen molar-refractivity contribution < 1.29 is 9.90 Å². The van der Waals surface area contributed by atoms with E-state index in [-0.39, 0.29) is 0 Å². The summed E-state index contributed by atoms with van der Waals surface area (Å²) in [5.74, 6) is -0.922. The summed E-state index contributed by atoms with van der Waals surface area (Å²) in [6, 6.07) is 14.0. The van der Waals surface area contributed by atoms with Crippen molar-refractivity contribution in [1.29, 1.82) is 0 Å². The van der Waals surface area contributed by atoms with Gasteiger partial charge in [0.25, 0.3) is 0 Å². The van der Waals surface area contributed by atoms with Crippen LogP contribution in [0.1, 0.15) is 11.8 Å². The van der Waals surface area contributed by atoms with Crippen LogP contribution in [0.2, 0.25) is 0 Å². The lowest BCUT2D eigenvalue weighted by atomic mass is 10.1. The van der Waals surface area contributed by atoms with E-state index in [1.54, 1.807) is 17.5 Å². The largest absolute Gasteiger partial charge is 0.478 e. The first-order chi connectivity index (χ1) is 10.1. The van der Waals surface area contributed by atoms with Gasteiger partial charge in [0.15, 0.2) is 0 Å². The highest BCUT2D eigenvalue weighted by Gasteiger charge is 2.09. The monoisotopic (exact) mass is 295 g/mol. The standard InChI is InChI=1S/C17H13NO2S/c1-11(10-16(19)20)14-7-8-15(21-14)13-6-2-4-12-5-3-9-18-17(12)13/h2-10H,1H3,(H,19,20)/b11-10+. The Morgan fingerprint density at radius 3 is 2.81 bits per heavy atom. The number of aromatic nitrogens is 1. The summed E-state index contributed by atoms with van der Waals surface area (Å²) < 4.78 is 0. The molecule has 0 radical (unpaired) electrons. The number of benzene rings is 1. The van der Waals surface area contributed by atoms with Crippen molar-refractivity contribution in [2.24, 2.45) is 0 Å². The van der Waals surface area contributed by atoms with Gasteiger partial charge in [-0.1, -0.05) is 24.3 Å². The molecule has 0 atom stereocenters. The highest BCUT2D eigenvalue weighted by Crippen LogP contribution is 2.34. The molecule has 0 unspecified atom stereocenters. The number of aliphatic carboxylic acids is 1. The Morgan fingerprint density at radius 1 is 1.19 bits per heavy atom. The number of rotatable bonds is 3. The molecule has 104 valence electrons. The average Bonchev–Trinajstić information content (AvgIpc) is 2.95. The zero-order valence-corrected chi connectivity index (χ0v) is 12.2. The van der Waals surface area contributed by atoms with Crippen LogP contribution < -0.4 is 0 Å². The number of carbonyl (C=O) groups is 1. The molecule has 1 N–H and O–H groups in total. The van der Waals surface area contributed by atoms with Gasteiger partial charge < -0.3 is 5.11 Å². The van der Waals surface area contributed by atoms with Crippen LogP contribution in [0.4, 0.5) is 0 Å². The fourth-order valence-corrected chi connectivity index (χ4v) is 3.26. The van der Waals surface area contributed by atoms with Gasteiger partial charge in [-0.05, 0) is 30.7 Å². The van der Waals surface area contributed by atoms with Crippen LogP contribution in [0.5, 0.6) is 0 Å². The first kappa shape index (κ1) is 13.5. The van der Waals surface area contributed by atoms with Gasteiger partial charge in [0.2, 0.25) is 0 Å². The molecule has 1 aromatic carbocycles. The quantitative estimate of drug-likeness (QED) is 0.726. The second kappa shape index (κ2) is 5.50. The molecular weight excluding hydrogens is 282 g/mol. The smallest absolute Gasteiger partial charge is 0.328 e. The maximum atomic E-state index is 10.8. The number of hydrogen-bond acceptors (Lipinski definition) is 3. The molecule has 0 spiro atoms. The van der Waals surface area contributed by atoms with Crippen molar-refractivity contribution in [2.45, 2.75) is 6.92 Å². The zero-order valence-electron chi connectivity index (χ0n) is 11.4. The minimum Gasteiger partial charge on any atom is -0.478 e. The van der Waals surface area contributed by atoms with Gasteiger partial charge >= 0.3 is 5.97 Å². The molecule has 21 heavy (non-hydrogen) atoms. The topological polar surface area (TPSA) is 50.2 Å². The lowest BCUT2D eigenvalue weighted by Gasteiger charge is -2.03. The van der Waals surface area contributed by atoms with Gasteiger partial charge in [-0.3, -0.25) is 4.98 Å². The number of carboxylic acid groups (broad SMARTS) is 1. The van der Waals surface area contributed by atoms with Crippen molar-refractivity contribution in [3.63, 3.8) is 0 Å². The first-order valence-electron chi connectivity index (χ1n) is 6.51. The third-order valence-corrected chi connectivity index (χ3v) is 4.49. The summed E-state index contributed by atoms with van der Waals surface area (Å²) in [6.07, 6.45) is 3.02. The molecule has 3 aromatic rings. The third-order valence-electron chi connectivity index (χ3n) is 3.23. The van der Waals surface area contributed by atoms with Crippen LogP contribution in [0, 0.1) is 0 Å². The van der Waals surface area contributed by atoms with Gasteiger partial charge in [0, 0.05) is 33.0 Å². The minimum absolute atomic E-state index is 0.756. The molecule has 4 heteroatoms. The van der Waals surface area contributed by atoms with Crippen molar-refractivity contribution in [2.75, 3.05) is 0 Å². The Morgan fingerprint density at radius 2 is 2.00 bits per heavy atom. The van der Waals surface area contributed by atoms with Crippen molar-refractivity contribution >= 4 is 33.8 Å². The van der Waals surface area contributed by atoms with E-state index < -0.39 is 5.97 Å². The number of para-hydroxylation sites is 1. The summed E-state index contributed by atoms with van der Waals surface area (Å²) in [5.41, 5.74) is 2.80. The van der Waals surface area contributed by atoms with Crippen LogP contribution in [-0.4, -0.2) is 16.1 Å². The summed E-state index contributed by atoms with van der Waals surface area (Å²) in [5, 5.41) is 9.93. The number of nitrogens with zero attached hydrogens (tertiary/aromatic N) is 1. The summed E-state index contributed by atoms with van der Waals surface area (Å²) in [7, 11) is 0. The normalized spacial score (nSPS) is 11.8. The van der Waals surface area contributed by atoms with Gasteiger partial charge in [-0.15, -0.1) is 11.3 Å². The Hall–Kier alpha value is -2.46. The van der Waals surface area contributed by atoms with Gasteiger partial charge in [0.05, 0.1) is 5.52 Å². The van der Waals surface area contributed by atoms with E-state index in [2.05, 4.69) is 4.98 Å². The summed E-state index contributed by atoms with van der Waals surface area (Å²) in [4.78, 5) is 17.3. The predicted molar refractivity (Wildman–Crippen MR) is 86.3 cm³/mol. The van der Waals surface area contributed by atoms with Gasteiger partial charge in [-0.2, -0.15) is 0 Å². The van der Waals surface area contributed by atoms with Crippen molar-refractivity contribution in [1.82, 2.24) is 4.98 Å². The fraction of sp³-hybridized carbons (Fsp3) is 0.0588. The van der Waals surface area contributed by atoms with Gasteiger partial charge in [-0.25, -0.2) is 4.79 Å². The fourth-order valence-electron chi connectivity index (χ4n) is 2.25. The van der Waals surface area contributed by atoms with E-state index in [1.165, 1.54) is 6.08 Å². The number of carboxylic acids is 1. The van der Waals surface area contributed by atoms with Crippen molar-refractivity contribution in [3.05, 3.63) is 59.6 Å². The lowest BCUT2D eigenvalue weighted by Crippen LogP contribution is -1.88. The van der Waals surface area contributed by atoms with E-state index in [1.807, 2.05) is 49.4 Å². The van der Waals surface area contributed by atoms with E-state index in [4.69, 9.17) is 5.11 Å². The number of pyridine rings is 1. The Bertz CT molecular complexity index is 843. The van der Waals surface area contributed by atoms with Crippen LogP contribution in [0.25, 0.3) is 26.9 Å². The Balaban J connectivity index is 2.09. The van der Waals surface area contributed by atoms with E-state index in [0.29, 0.717) is 0 Å². The molecular formula is C17H13NO2S. The Kier molecular flexibility index (Phi) is 3.54. The third kappa shape index (κ3) is 2.71. The lowest BCUT2D eigenvalue weighted by molar-refractivity contribution is -0.131. The maximum Gasteiger partial charge on any atom is 0.328 e. The molecule has 0 bridgehead atoms. The SMILES string of the molecule is C/C(=C\C(=O)O)c1ccc(-c2cccc3cccnc23)s1. The molecule has 3 rings (SSSR count). The maximum absolute atomic E-state index is 10.8. The van der Waals surface area contributed by atoms with Crippen LogP contribution in [0.3, 0.4) is 0 Å². The number of fused-ring (bicyclic) bond motifs is 1. The molecule has 0 aliphatic heterocycles. The highest BCUT2D eigenvalue weighted by molar-refractivity contribution is 7.16. The molecule has 0 aliphatic carbocycles. The van der Waals surface area contributed by atoms with Crippen molar-refractivity contribution in [3.8, 4) is 10.4 Å². The Labute approximate surface area is 126 Å². The number of thiophene rings is 1. The molecule has 0 amide bonds. The molecule has 2 heterocycles. The minimum atomic E-state index is -0.922. The second-order valence-electron chi connectivity index (χ2n) is 4.71. The summed E-state index contributed by atoms with van der Waals surface area (Å²) in [6.45, 7) is 1.81. The predicted octanol–water partition coefficient (Wildman–Crippen LogP) is 4.45. The molecule has 0 aliphatic rings. The zero-order chi connectivity index (χ0) is 14.8. The average molecular weight is 295 g/mol.